The highest BCUT2D eigenvalue weighted by Gasteiger charge is 2.39. The van der Waals surface area contributed by atoms with Gasteiger partial charge in [0.05, 0.1) is 17.1 Å². The Morgan fingerprint density at radius 3 is 2.08 bits per heavy atom. The molecule has 0 aliphatic carbocycles. The van der Waals surface area contributed by atoms with Crippen molar-refractivity contribution in [1.29, 1.82) is 0 Å². The van der Waals surface area contributed by atoms with E-state index in [2.05, 4.69) is 55.0 Å². The molecule has 2 aliphatic rings. The molecule has 0 radical (unpaired) electrons. The molecular weight excluding hydrogens is 728 g/mol. The van der Waals surface area contributed by atoms with Crippen LogP contribution in [0.2, 0.25) is 0 Å². The molecule has 290 valence electrons. The van der Waals surface area contributed by atoms with E-state index < -0.39 is 44.3 Å². The molecule has 0 amide bonds. The number of benzene rings is 2. The van der Waals surface area contributed by atoms with Crippen LogP contribution in [0.15, 0.2) is 67.5 Å². The van der Waals surface area contributed by atoms with Crippen LogP contribution in [-0.2, 0) is 33.1 Å². The van der Waals surface area contributed by atoms with Gasteiger partial charge in [-0.2, -0.15) is 13.2 Å². The van der Waals surface area contributed by atoms with Gasteiger partial charge in [-0.15, -0.1) is 0 Å². The van der Waals surface area contributed by atoms with Gasteiger partial charge >= 0.3 is 6.18 Å². The standard InChI is InChI=1S/C37H50F3N7O4S2/c1-28-35(29(2)42-27-41-28)30(3)45-21-16-36(4,17-22-45)46-19-14-34(15-20-46)47(25-32-8-6-5-7-9-32)33-12-10-31(11-13-33)24-44-52(48,49)23-18-43-53(50,51)26-37(38,39)40/h5-13,27,34,43-44H,3,14-26H2,1-2,4H3. The lowest BCUT2D eigenvalue weighted by Gasteiger charge is -2.51. The summed E-state index contributed by atoms with van der Waals surface area (Å²) in [6.45, 7) is 14.6. The number of nitrogens with zero attached hydrogens (tertiary/aromatic N) is 5. The number of likely N-dealkylation sites (tertiary alicyclic amines) is 2. The second kappa shape index (κ2) is 16.8. The Morgan fingerprint density at radius 1 is 0.887 bits per heavy atom. The number of rotatable bonds is 15. The third-order valence-corrected chi connectivity index (χ3v) is 13.1. The fourth-order valence-electron chi connectivity index (χ4n) is 7.34. The molecule has 11 nitrogen and oxygen atoms in total. The van der Waals surface area contributed by atoms with Crippen molar-refractivity contribution in [2.75, 3.05) is 49.1 Å². The Labute approximate surface area is 311 Å². The van der Waals surface area contributed by atoms with Gasteiger partial charge in [-0.1, -0.05) is 49.0 Å². The monoisotopic (exact) mass is 777 g/mol. The molecule has 2 aromatic carbocycles. The number of halogens is 3. The summed E-state index contributed by atoms with van der Waals surface area (Å²) in [4.78, 5) is 16.2. The van der Waals surface area contributed by atoms with Gasteiger partial charge in [0, 0.05) is 74.3 Å². The number of anilines is 1. The van der Waals surface area contributed by atoms with Gasteiger partial charge in [0.25, 0.3) is 0 Å². The second-order valence-electron chi connectivity index (χ2n) is 14.3. The van der Waals surface area contributed by atoms with E-state index in [-0.39, 0.29) is 12.1 Å². The minimum Gasteiger partial charge on any atom is -0.371 e. The third kappa shape index (κ3) is 11.2. The molecule has 2 saturated heterocycles. The summed E-state index contributed by atoms with van der Waals surface area (Å²) in [6, 6.07) is 18.2. The lowest BCUT2D eigenvalue weighted by molar-refractivity contribution is -0.106. The highest BCUT2D eigenvalue weighted by Crippen LogP contribution is 2.36. The molecule has 0 bridgehead atoms. The smallest absolute Gasteiger partial charge is 0.371 e. The van der Waals surface area contributed by atoms with E-state index in [1.54, 1.807) is 11.0 Å². The highest BCUT2D eigenvalue weighted by molar-refractivity contribution is 7.90. The van der Waals surface area contributed by atoms with Crippen LogP contribution in [0.4, 0.5) is 18.9 Å². The van der Waals surface area contributed by atoms with E-state index in [1.165, 1.54) is 5.56 Å². The van der Waals surface area contributed by atoms with E-state index >= 15 is 0 Å². The molecule has 2 aliphatic heterocycles. The largest absolute Gasteiger partial charge is 0.404 e. The number of piperidine rings is 2. The summed E-state index contributed by atoms with van der Waals surface area (Å²) in [5.74, 6) is -2.76. The molecule has 16 heteroatoms. The van der Waals surface area contributed by atoms with E-state index in [4.69, 9.17) is 0 Å². The molecule has 0 spiro atoms. The maximum Gasteiger partial charge on any atom is 0.404 e. The first-order valence-electron chi connectivity index (χ1n) is 17.8. The van der Waals surface area contributed by atoms with Gasteiger partial charge in [0.2, 0.25) is 20.0 Å². The Balaban J connectivity index is 1.17. The number of hydrogen-bond donors (Lipinski definition) is 2. The third-order valence-electron chi connectivity index (χ3n) is 10.4. The first-order valence-corrected chi connectivity index (χ1v) is 21.1. The molecule has 2 N–H and O–H groups in total. The molecule has 3 heterocycles. The lowest BCUT2D eigenvalue weighted by Crippen LogP contribution is -2.57. The van der Waals surface area contributed by atoms with Gasteiger partial charge in [0.1, 0.15) is 6.33 Å². The van der Waals surface area contributed by atoms with Crippen molar-refractivity contribution in [2.45, 2.75) is 77.3 Å². The van der Waals surface area contributed by atoms with Crippen LogP contribution < -0.4 is 14.3 Å². The number of sulfonamides is 2. The van der Waals surface area contributed by atoms with E-state index in [1.807, 2.05) is 56.3 Å². The van der Waals surface area contributed by atoms with Crippen molar-refractivity contribution in [3.05, 3.63) is 95.6 Å². The Morgan fingerprint density at radius 2 is 1.49 bits per heavy atom. The van der Waals surface area contributed by atoms with Gasteiger partial charge < -0.3 is 9.80 Å². The highest BCUT2D eigenvalue weighted by atomic mass is 32.2. The maximum absolute atomic E-state index is 12.5. The van der Waals surface area contributed by atoms with Crippen LogP contribution in [-0.4, -0.2) is 98.6 Å². The molecule has 3 aromatic rings. The van der Waals surface area contributed by atoms with Crippen molar-refractivity contribution in [3.8, 4) is 0 Å². The van der Waals surface area contributed by atoms with Crippen LogP contribution in [0.1, 0.15) is 60.7 Å². The van der Waals surface area contributed by atoms with Crippen molar-refractivity contribution in [3.63, 3.8) is 0 Å². The zero-order chi connectivity index (χ0) is 38.4. The summed E-state index contributed by atoms with van der Waals surface area (Å²) in [5, 5.41) is 0. The predicted molar refractivity (Wildman–Crippen MR) is 202 cm³/mol. The Hall–Kier alpha value is -3.57. The van der Waals surface area contributed by atoms with Gasteiger partial charge in [0.15, 0.2) is 5.75 Å². The van der Waals surface area contributed by atoms with Gasteiger partial charge in [-0.05, 0) is 69.7 Å². The van der Waals surface area contributed by atoms with E-state index in [0.29, 0.717) is 11.6 Å². The minimum atomic E-state index is -4.92. The number of aromatic nitrogens is 2. The van der Waals surface area contributed by atoms with Crippen molar-refractivity contribution in [2.24, 2.45) is 0 Å². The molecule has 53 heavy (non-hydrogen) atoms. The molecule has 1 aromatic heterocycles. The fourth-order valence-corrected chi connectivity index (χ4v) is 9.32. The maximum atomic E-state index is 12.5. The van der Waals surface area contributed by atoms with Crippen molar-refractivity contribution >= 4 is 31.4 Å². The average molecular weight is 778 g/mol. The van der Waals surface area contributed by atoms with E-state index in [9.17, 15) is 30.0 Å². The molecular formula is C37H50F3N7O4S2. The summed E-state index contributed by atoms with van der Waals surface area (Å²) in [5.41, 5.74) is 6.92. The average Bonchev–Trinajstić information content (AvgIpc) is 3.09. The van der Waals surface area contributed by atoms with Crippen LogP contribution in [0, 0.1) is 13.8 Å². The van der Waals surface area contributed by atoms with E-state index in [0.717, 1.165) is 86.7 Å². The summed E-state index contributed by atoms with van der Waals surface area (Å²) >= 11 is 0. The molecule has 2 fully saturated rings. The lowest BCUT2D eigenvalue weighted by atomic mass is 9.85. The number of aryl methyl sites for hydroxylation is 2. The van der Waals surface area contributed by atoms with Crippen LogP contribution in [0.3, 0.4) is 0 Å². The van der Waals surface area contributed by atoms with Gasteiger partial charge in [-0.3, -0.25) is 4.90 Å². The SMILES string of the molecule is C=C(c1c(C)ncnc1C)N1CCC(C)(N2CCC(N(Cc3ccccc3)c3ccc(CNS(=O)(=O)CCNS(=O)(=O)CC(F)(F)F)cc3)CC2)CC1. The number of nitrogens with one attached hydrogen (secondary N) is 2. The second-order valence-corrected chi connectivity index (χ2v) is 18.0. The zero-order valence-corrected chi connectivity index (χ0v) is 32.2. The first kappa shape index (κ1) is 40.6. The Bertz CT molecular complexity index is 1890. The van der Waals surface area contributed by atoms with Crippen LogP contribution in [0.5, 0.6) is 0 Å². The summed E-state index contributed by atoms with van der Waals surface area (Å²) in [7, 11) is -8.64. The quantitative estimate of drug-likeness (QED) is 0.220. The summed E-state index contributed by atoms with van der Waals surface area (Å²) < 4.78 is 89.5. The van der Waals surface area contributed by atoms with Crippen molar-refractivity contribution < 1.29 is 30.0 Å². The minimum absolute atomic E-state index is 0.0450. The number of alkyl halides is 3. The Kier molecular flexibility index (Phi) is 12.9. The fraction of sp³-hybridized carbons (Fsp3) is 0.514. The van der Waals surface area contributed by atoms with Crippen LogP contribution in [0.25, 0.3) is 5.70 Å². The molecule has 5 rings (SSSR count). The normalized spacial score (nSPS) is 17.5. The molecule has 0 unspecified atom stereocenters. The first-order chi connectivity index (χ1) is 24.9. The van der Waals surface area contributed by atoms with Crippen LogP contribution >= 0.6 is 0 Å². The number of hydrogen-bond acceptors (Lipinski definition) is 9. The van der Waals surface area contributed by atoms with Gasteiger partial charge in [-0.25, -0.2) is 36.2 Å². The molecule has 0 atom stereocenters. The van der Waals surface area contributed by atoms with Crippen molar-refractivity contribution in [1.82, 2.24) is 29.2 Å². The zero-order valence-electron chi connectivity index (χ0n) is 30.6. The predicted octanol–water partition coefficient (Wildman–Crippen LogP) is 4.99. The topological polar surface area (TPSA) is 128 Å². The summed E-state index contributed by atoms with van der Waals surface area (Å²) in [6.07, 6.45) is 0.737. The molecule has 0 saturated carbocycles.